The summed E-state index contributed by atoms with van der Waals surface area (Å²) in [6, 6.07) is 3.74. The Labute approximate surface area is 140 Å². The number of nitrogens with zero attached hydrogens (tertiary/aromatic N) is 2. The van der Waals surface area contributed by atoms with Crippen molar-refractivity contribution >= 4 is 22.0 Å². The first kappa shape index (κ1) is 17.2. The van der Waals surface area contributed by atoms with Gasteiger partial charge < -0.3 is 9.47 Å². The molecule has 0 bridgehead atoms. The van der Waals surface area contributed by atoms with Crippen LogP contribution in [0.1, 0.15) is 45.0 Å². The van der Waals surface area contributed by atoms with E-state index in [4.69, 9.17) is 9.47 Å². The number of aryl methyl sites for hydroxylation is 1. The monoisotopic (exact) mass is 370 g/mol. The number of carbonyl (C=O) groups excluding carboxylic acids is 1. The summed E-state index contributed by atoms with van der Waals surface area (Å²) in [6.45, 7) is 10.6. The van der Waals surface area contributed by atoms with Crippen LogP contribution >= 0.6 is 15.9 Å². The van der Waals surface area contributed by atoms with Crippen LogP contribution in [0.15, 0.2) is 16.7 Å². The van der Waals surface area contributed by atoms with Crippen molar-refractivity contribution in [1.82, 2.24) is 9.88 Å². The predicted molar refractivity (Wildman–Crippen MR) is 87.8 cm³/mol. The summed E-state index contributed by atoms with van der Waals surface area (Å²) in [6.07, 6.45) is -0.409. The molecule has 0 radical (unpaired) electrons. The lowest BCUT2D eigenvalue weighted by Crippen LogP contribution is -2.48. The van der Waals surface area contributed by atoms with E-state index in [1.165, 1.54) is 0 Å². The van der Waals surface area contributed by atoms with Gasteiger partial charge in [-0.3, -0.25) is 4.90 Å². The Morgan fingerprint density at radius 1 is 1.45 bits per heavy atom. The molecule has 5 nitrogen and oxygen atoms in total. The van der Waals surface area contributed by atoms with E-state index in [1.807, 2.05) is 46.8 Å². The first-order valence-corrected chi connectivity index (χ1v) is 8.22. The van der Waals surface area contributed by atoms with Gasteiger partial charge in [0.1, 0.15) is 10.2 Å². The highest BCUT2D eigenvalue weighted by Gasteiger charge is 2.36. The van der Waals surface area contributed by atoms with Crippen molar-refractivity contribution < 1.29 is 14.3 Å². The minimum absolute atomic E-state index is 0.102. The van der Waals surface area contributed by atoms with Crippen LogP contribution in [0.5, 0.6) is 0 Å². The average Bonchev–Trinajstić information content (AvgIpc) is 2.34. The van der Waals surface area contributed by atoms with E-state index in [0.717, 1.165) is 15.9 Å². The first-order valence-electron chi connectivity index (χ1n) is 7.43. The Morgan fingerprint density at radius 2 is 2.14 bits per heavy atom. The number of halogens is 1. The Balaban J connectivity index is 2.32. The van der Waals surface area contributed by atoms with E-state index < -0.39 is 5.60 Å². The lowest BCUT2D eigenvalue weighted by atomic mass is 9.99. The number of amides is 1. The Bertz CT molecular complexity index is 537. The Morgan fingerprint density at radius 3 is 2.73 bits per heavy atom. The normalized spacial score (nSPS) is 22.5. The summed E-state index contributed by atoms with van der Waals surface area (Å²) in [5.74, 6) is 0. The fraction of sp³-hybridized carbons (Fsp3) is 0.625. The molecule has 2 atom stereocenters. The van der Waals surface area contributed by atoms with Crippen LogP contribution in [0.4, 0.5) is 4.79 Å². The van der Waals surface area contributed by atoms with Gasteiger partial charge in [0.05, 0.1) is 18.8 Å². The van der Waals surface area contributed by atoms with Crippen LogP contribution in [0, 0.1) is 6.92 Å². The molecule has 2 unspecified atom stereocenters. The molecule has 122 valence electrons. The third kappa shape index (κ3) is 4.20. The van der Waals surface area contributed by atoms with Crippen LogP contribution in [0.25, 0.3) is 0 Å². The van der Waals surface area contributed by atoms with Crippen LogP contribution in [-0.2, 0) is 9.47 Å². The molecule has 0 saturated carbocycles. The van der Waals surface area contributed by atoms with E-state index in [9.17, 15) is 4.79 Å². The van der Waals surface area contributed by atoms with Crippen molar-refractivity contribution in [2.75, 3.05) is 13.2 Å². The van der Waals surface area contributed by atoms with Crippen molar-refractivity contribution in [2.45, 2.75) is 52.4 Å². The third-order valence-electron chi connectivity index (χ3n) is 3.41. The highest BCUT2D eigenvalue weighted by atomic mass is 79.9. The maximum Gasteiger partial charge on any atom is 0.410 e. The molecule has 1 aliphatic heterocycles. The SMILES string of the molecule is Cc1cc(C2C(C)OCCN2C(=O)OC(C)(C)C)cc(Br)n1. The van der Waals surface area contributed by atoms with Gasteiger partial charge in [-0.25, -0.2) is 9.78 Å². The zero-order chi connectivity index (χ0) is 16.5. The molecule has 0 aliphatic carbocycles. The second-order valence-electron chi connectivity index (χ2n) is 6.56. The molecule has 0 spiro atoms. The minimum atomic E-state index is -0.516. The molecular formula is C16H23BrN2O3. The van der Waals surface area contributed by atoms with E-state index in [0.29, 0.717) is 13.2 Å². The van der Waals surface area contributed by atoms with Gasteiger partial charge in [-0.05, 0) is 68.2 Å². The number of morpholine rings is 1. The summed E-state index contributed by atoms with van der Waals surface area (Å²) in [5.41, 5.74) is 1.38. The topological polar surface area (TPSA) is 51.7 Å². The number of hydrogen-bond donors (Lipinski definition) is 0. The van der Waals surface area contributed by atoms with E-state index >= 15 is 0 Å². The summed E-state index contributed by atoms with van der Waals surface area (Å²) in [7, 11) is 0. The zero-order valence-electron chi connectivity index (χ0n) is 13.7. The summed E-state index contributed by atoms with van der Waals surface area (Å²) in [5, 5.41) is 0. The quantitative estimate of drug-likeness (QED) is 0.704. The van der Waals surface area contributed by atoms with Gasteiger partial charge in [0.2, 0.25) is 0 Å². The second-order valence-corrected chi connectivity index (χ2v) is 7.37. The molecule has 22 heavy (non-hydrogen) atoms. The molecular weight excluding hydrogens is 348 g/mol. The van der Waals surface area contributed by atoms with Crippen molar-refractivity contribution in [3.8, 4) is 0 Å². The number of rotatable bonds is 1. The Kier molecular flexibility index (Phi) is 5.12. The molecule has 0 aromatic carbocycles. The van der Waals surface area contributed by atoms with E-state index in [2.05, 4.69) is 20.9 Å². The number of hydrogen-bond acceptors (Lipinski definition) is 4. The molecule has 1 aromatic rings. The number of carbonyl (C=O) groups is 1. The fourth-order valence-electron chi connectivity index (χ4n) is 2.62. The lowest BCUT2D eigenvalue weighted by Gasteiger charge is -2.40. The molecule has 1 fully saturated rings. The first-order chi connectivity index (χ1) is 10.2. The molecule has 1 aliphatic rings. The average molecular weight is 371 g/mol. The van der Waals surface area contributed by atoms with Crippen molar-refractivity contribution in [3.05, 3.63) is 28.0 Å². The molecule has 2 rings (SSSR count). The Hall–Kier alpha value is -1.14. The van der Waals surface area contributed by atoms with Crippen LogP contribution in [0.2, 0.25) is 0 Å². The molecule has 6 heteroatoms. The van der Waals surface area contributed by atoms with E-state index in [-0.39, 0.29) is 18.2 Å². The van der Waals surface area contributed by atoms with Crippen molar-refractivity contribution in [3.63, 3.8) is 0 Å². The van der Waals surface area contributed by atoms with E-state index in [1.54, 1.807) is 4.90 Å². The number of pyridine rings is 1. The van der Waals surface area contributed by atoms with Gasteiger partial charge >= 0.3 is 6.09 Å². The molecule has 0 N–H and O–H groups in total. The third-order valence-corrected chi connectivity index (χ3v) is 3.81. The van der Waals surface area contributed by atoms with Gasteiger partial charge in [0.15, 0.2) is 0 Å². The maximum atomic E-state index is 12.5. The van der Waals surface area contributed by atoms with Gasteiger partial charge in [0, 0.05) is 12.2 Å². The van der Waals surface area contributed by atoms with Gasteiger partial charge in [-0.2, -0.15) is 0 Å². The summed E-state index contributed by atoms with van der Waals surface area (Å²) >= 11 is 3.42. The second kappa shape index (κ2) is 6.54. The molecule has 1 amide bonds. The van der Waals surface area contributed by atoms with Gasteiger partial charge in [-0.1, -0.05) is 0 Å². The predicted octanol–water partition coefficient (Wildman–Crippen LogP) is 3.85. The minimum Gasteiger partial charge on any atom is -0.444 e. The lowest BCUT2D eigenvalue weighted by molar-refractivity contribution is -0.0699. The number of ether oxygens (including phenoxy) is 2. The van der Waals surface area contributed by atoms with Crippen molar-refractivity contribution in [1.29, 1.82) is 0 Å². The summed E-state index contributed by atoms with van der Waals surface area (Å²) < 4.78 is 12.0. The zero-order valence-corrected chi connectivity index (χ0v) is 15.3. The maximum absolute atomic E-state index is 12.5. The highest BCUT2D eigenvalue weighted by Crippen LogP contribution is 2.32. The van der Waals surface area contributed by atoms with Crippen molar-refractivity contribution in [2.24, 2.45) is 0 Å². The highest BCUT2D eigenvalue weighted by molar-refractivity contribution is 9.10. The molecule has 2 heterocycles. The van der Waals surface area contributed by atoms with Crippen LogP contribution in [-0.4, -0.2) is 40.8 Å². The van der Waals surface area contributed by atoms with Gasteiger partial charge in [0.25, 0.3) is 0 Å². The molecule has 1 saturated heterocycles. The standard InChI is InChI=1S/C16H23BrN2O3/c1-10-8-12(9-13(17)18-10)14-11(2)21-7-6-19(14)15(20)22-16(3,4)5/h8-9,11,14H,6-7H2,1-5H3. The number of aromatic nitrogens is 1. The van der Waals surface area contributed by atoms with Crippen LogP contribution < -0.4 is 0 Å². The van der Waals surface area contributed by atoms with Crippen LogP contribution in [0.3, 0.4) is 0 Å². The summed E-state index contributed by atoms with van der Waals surface area (Å²) in [4.78, 5) is 18.6. The fourth-order valence-corrected chi connectivity index (χ4v) is 3.17. The molecule has 1 aromatic heterocycles. The smallest absolute Gasteiger partial charge is 0.410 e. The largest absolute Gasteiger partial charge is 0.444 e. The van der Waals surface area contributed by atoms with Gasteiger partial charge in [-0.15, -0.1) is 0 Å².